The van der Waals surface area contributed by atoms with Gasteiger partial charge in [0.1, 0.15) is 6.33 Å². The van der Waals surface area contributed by atoms with Crippen molar-refractivity contribution in [3.05, 3.63) is 69.5 Å². The predicted octanol–water partition coefficient (Wildman–Crippen LogP) is 3.25. The van der Waals surface area contributed by atoms with Crippen molar-refractivity contribution < 1.29 is 9.72 Å². The molecule has 0 bridgehead atoms. The molecule has 1 heterocycles. The lowest BCUT2D eigenvalue weighted by molar-refractivity contribution is -0.384. The van der Waals surface area contributed by atoms with Gasteiger partial charge in [0.2, 0.25) is 0 Å². The summed E-state index contributed by atoms with van der Waals surface area (Å²) in [5.41, 5.74) is 4.00. The molecule has 0 fully saturated rings. The van der Waals surface area contributed by atoms with Crippen molar-refractivity contribution in [3.63, 3.8) is 0 Å². The van der Waals surface area contributed by atoms with Gasteiger partial charge in [-0.05, 0) is 49.2 Å². The van der Waals surface area contributed by atoms with Gasteiger partial charge in [0.25, 0.3) is 11.6 Å². The third-order valence-corrected chi connectivity index (χ3v) is 3.71. The fourth-order valence-electron chi connectivity index (χ4n) is 2.29. The molecule has 6 heteroatoms. The van der Waals surface area contributed by atoms with Crippen LogP contribution in [0.25, 0.3) is 11.0 Å². The minimum absolute atomic E-state index is 0.0430. The van der Waals surface area contributed by atoms with Crippen molar-refractivity contribution >= 4 is 22.6 Å². The largest absolute Gasteiger partial charge is 0.269 e. The maximum atomic E-state index is 12.6. The summed E-state index contributed by atoms with van der Waals surface area (Å²) in [5, 5.41) is 10.7. The smallest absolute Gasteiger partial charge is 0.268 e. The number of carbonyl (C=O) groups is 1. The van der Waals surface area contributed by atoms with Gasteiger partial charge < -0.3 is 0 Å². The molecule has 0 aliphatic carbocycles. The van der Waals surface area contributed by atoms with Crippen LogP contribution in [0.2, 0.25) is 0 Å². The number of hydrogen-bond acceptors (Lipinski definition) is 4. The molecule has 0 spiro atoms. The number of hydrogen-bond donors (Lipinski definition) is 0. The number of benzene rings is 2. The van der Waals surface area contributed by atoms with Crippen LogP contribution in [-0.2, 0) is 0 Å². The third-order valence-electron chi connectivity index (χ3n) is 3.71. The van der Waals surface area contributed by atoms with Crippen LogP contribution in [0.1, 0.15) is 21.5 Å². The molecular formula is C16H13N3O3. The van der Waals surface area contributed by atoms with E-state index in [1.54, 1.807) is 0 Å². The molecule has 2 aromatic carbocycles. The predicted molar refractivity (Wildman–Crippen MR) is 82.0 cm³/mol. The number of nitro benzene ring substituents is 1. The van der Waals surface area contributed by atoms with E-state index < -0.39 is 4.92 Å². The highest BCUT2D eigenvalue weighted by Crippen LogP contribution is 2.20. The number of aryl methyl sites for hydroxylation is 2. The van der Waals surface area contributed by atoms with Crippen LogP contribution in [0.3, 0.4) is 0 Å². The molecule has 22 heavy (non-hydrogen) atoms. The molecule has 0 amide bonds. The van der Waals surface area contributed by atoms with E-state index in [4.69, 9.17) is 0 Å². The molecule has 3 rings (SSSR count). The van der Waals surface area contributed by atoms with Gasteiger partial charge in [-0.25, -0.2) is 4.98 Å². The van der Waals surface area contributed by atoms with E-state index in [0.29, 0.717) is 5.56 Å². The maximum absolute atomic E-state index is 12.6. The summed E-state index contributed by atoms with van der Waals surface area (Å²) >= 11 is 0. The molecule has 0 radical (unpaired) electrons. The molecule has 0 saturated carbocycles. The normalized spacial score (nSPS) is 10.8. The minimum atomic E-state index is -0.493. The van der Waals surface area contributed by atoms with E-state index >= 15 is 0 Å². The molecule has 0 N–H and O–H groups in total. The van der Waals surface area contributed by atoms with Crippen molar-refractivity contribution in [3.8, 4) is 0 Å². The molecular weight excluding hydrogens is 282 g/mol. The Hall–Kier alpha value is -3.02. The van der Waals surface area contributed by atoms with E-state index in [1.165, 1.54) is 35.2 Å². The zero-order valence-electron chi connectivity index (χ0n) is 12.1. The van der Waals surface area contributed by atoms with Gasteiger partial charge in [-0.3, -0.25) is 19.5 Å². The van der Waals surface area contributed by atoms with Gasteiger partial charge in [0.05, 0.1) is 16.0 Å². The Morgan fingerprint density at radius 1 is 1.14 bits per heavy atom. The van der Waals surface area contributed by atoms with Gasteiger partial charge in [-0.15, -0.1) is 0 Å². The number of nitro groups is 1. The summed E-state index contributed by atoms with van der Waals surface area (Å²) in [6.45, 7) is 3.97. The summed E-state index contributed by atoms with van der Waals surface area (Å²) < 4.78 is 1.46. The number of rotatable bonds is 2. The first-order valence-corrected chi connectivity index (χ1v) is 6.71. The van der Waals surface area contributed by atoms with Crippen molar-refractivity contribution in [2.24, 2.45) is 0 Å². The topological polar surface area (TPSA) is 78.0 Å². The highest BCUT2D eigenvalue weighted by molar-refractivity contribution is 6.01. The van der Waals surface area contributed by atoms with E-state index in [1.807, 2.05) is 26.0 Å². The summed E-state index contributed by atoms with van der Waals surface area (Å²) in [5.74, 6) is -0.263. The van der Waals surface area contributed by atoms with Crippen molar-refractivity contribution in [1.82, 2.24) is 9.55 Å². The number of non-ortho nitro benzene ring substituents is 1. The van der Waals surface area contributed by atoms with Crippen LogP contribution in [0.15, 0.2) is 42.7 Å². The zero-order valence-corrected chi connectivity index (χ0v) is 12.1. The Morgan fingerprint density at radius 3 is 2.41 bits per heavy atom. The van der Waals surface area contributed by atoms with Gasteiger partial charge in [-0.1, -0.05) is 0 Å². The van der Waals surface area contributed by atoms with E-state index in [2.05, 4.69) is 4.98 Å². The average molecular weight is 295 g/mol. The first-order chi connectivity index (χ1) is 10.5. The quantitative estimate of drug-likeness (QED) is 0.537. The lowest BCUT2D eigenvalue weighted by atomic mass is 10.1. The van der Waals surface area contributed by atoms with Crippen LogP contribution in [0.5, 0.6) is 0 Å². The first kappa shape index (κ1) is 13.9. The van der Waals surface area contributed by atoms with Crippen LogP contribution < -0.4 is 0 Å². The number of imidazole rings is 1. The van der Waals surface area contributed by atoms with E-state index in [-0.39, 0.29) is 11.6 Å². The summed E-state index contributed by atoms with van der Waals surface area (Å²) in [7, 11) is 0. The Bertz CT molecular complexity index is 895. The number of nitrogens with zero attached hydrogens (tertiary/aromatic N) is 3. The SMILES string of the molecule is Cc1cc2ncn(C(=O)c3ccc([N+](=O)[O-])cc3)c2cc1C. The second-order valence-electron chi connectivity index (χ2n) is 5.15. The Labute approximate surface area is 126 Å². The Kier molecular flexibility index (Phi) is 3.21. The first-order valence-electron chi connectivity index (χ1n) is 6.71. The van der Waals surface area contributed by atoms with Gasteiger partial charge in [0.15, 0.2) is 0 Å². The molecule has 0 atom stereocenters. The highest BCUT2D eigenvalue weighted by atomic mass is 16.6. The summed E-state index contributed by atoms with van der Waals surface area (Å²) in [6, 6.07) is 9.40. The molecule has 0 saturated heterocycles. The van der Waals surface area contributed by atoms with Gasteiger partial charge in [0, 0.05) is 17.7 Å². The highest BCUT2D eigenvalue weighted by Gasteiger charge is 2.14. The molecule has 1 aromatic heterocycles. The summed E-state index contributed by atoms with van der Waals surface area (Å²) in [6.07, 6.45) is 1.48. The van der Waals surface area contributed by atoms with Crippen LogP contribution in [0.4, 0.5) is 5.69 Å². The monoisotopic (exact) mass is 295 g/mol. The van der Waals surface area contributed by atoms with Gasteiger partial charge >= 0.3 is 0 Å². The zero-order chi connectivity index (χ0) is 15.9. The van der Waals surface area contributed by atoms with E-state index in [0.717, 1.165) is 22.2 Å². The lowest BCUT2D eigenvalue weighted by Crippen LogP contribution is -2.10. The minimum Gasteiger partial charge on any atom is -0.268 e. The fourth-order valence-corrected chi connectivity index (χ4v) is 2.29. The standard InChI is InChI=1S/C16H13N3O3/c1-10-7-14-15(8-11(10)2)18(9-17-14)16(20)12-3-5-13(6-4-12)19(21)22/h3-9H,1-2H3. The van der Waals surface area contributed by atoms with Crippen molar-refractivity contribution in [2.45, 2.75) is 13.8 Å². The van der Waals surface area contributed by atoms with Gasteiger partial charge in [-0.2, -0.15) is 0 Å². The molecule has 3 aromatic rings. The number of aromatic nitrogens is 2. The van der Waals surface area contributed by atoms with E-state index in [9.17, 15) is 14.9 Å². The average Bonchev–Trinajstić information content (AvgIpc) is 2.90. The molecule has 0 aliphatic heterocycles. The number of carbonyl (C=O) groups excluding carboxylic acids is 1. The third kappa shape index (κ3) is 2.24. The lowest BCUT2D eigenvalue weighted by Gasteiger charge is -2.05. The van der Waals surface area contributed by atoms with Crippen LogP contribution in [0, 0.1) is 24.0 Å². The van der Waals surface area contributed by atoms with Crippen molar-refractivity contribution in [1.29, 1.82) is 0 Å². The fraction of sp³-hybridized carbons (Fsp3) is 0.125. The maximum Gasteiger partial charge on any atom is 0.269 e. The molecule has 0 unspecified atom stereocenters. The second kappa shape index (κ2) is 5.07. The molecule has 6 nitrogen and oxygen atoms in total. The second-order valence-corrected chi connectivity index (χ2v) is 5.15. The van der Waals surface area contributed by atoms with Crippen molar-refractivity contribution in [2.75, 3.05) is 0 Å². The Balaban J connectivity index is 2.05. The van der Waals surface area contributed by atoms with Crippen LogP contribution >= 0.6 is 0 Å². The molecule has 0 aliphatic rings. The number of fused-ring (bicyclic) bond motifs is 1. The van der Waals surface area contributed by atoms with Crippen LogP contribution in [-0.4, -0.2) is 20.4 Å². The molecule has 110 valence electrons. The summed E-state index contributed by atoms with van der Waals surface area (Å²) in [4.78, 5) is 27.0. The Morgan fingerprint density at radius 2 is 1.77 bits per heavy atom.